The fourth-order valence-electron chi connectivity index (χ4n) is 1.60. The van der Waals surface area contributed by atoms with Crippen LogP contribution in [0, 0.1) is 0 Å². The Labute approximate surface area is 95.1 Å². The van der Waals surface area contributed by atoms with Crippen LogP contribution in [0.3, 0.4) is 0 Å². The summed E-state index contributed by atoms with van der Waals surface area (Å²) >= 11 is 0. The highest BCUT2D eigenvalue weighted by Gasteiger charge is 2.02. The Morgan fingerprint density at radius 3 is 2.75 bits per heavy atom. The smallest absolute Gasteiger partial charge is 0.0608 e. The number of rotatable bonds is 4. The summed E-state index contributed by atoms with van der Waals surface area (Å²) in [4.78, 5) is 0. The predicted molar refractivity (Wildman–Crippen MR) is 66.2 cm³/mol. The van der Waals surface area contributed by atoms with E-state index in [9.17, 15) is 0 Å². The van der Waals surface area contributed by atoms with Crippen molar-refractivity contribution in [2.24, 2.45) is 0 Å². The number of nitrogen functional groups attached to an aromatic ring is 1. The molecule has 0 aliphatic heterocycles. The Bertz CT molecular complexity index is 419. The zero-order chi connectivity index (χ0) is 11.4. The summed E-state index contributed by atoms with van der Waals surface area (Å²) in [7, 11) is 0. The fourth-order valence-corrected chi connectivity index (χ4v) is 1.60. The molecule has 1 aromatic carbocycles. The zero-order valence-corrected chi connectivity index (χ0v) is 9.30. The maximum absolute atomic E-state index is 5.63. The number of anilines is 2. The van der Waals surface area contributed by atoms with Crippen molar-refractivity contribution >= 4 is 11.4 Å². The van der Waals surface area contributed by atoms with Crippen molar-refractivity contribution < 1.29 is 0 Å². The molecule has 1 unspecified atom stereocenters. The molecular formula is C12H16N4. The topological polar surface area (TPSA) is 55.9 Å². The third-order valence-electron chi connectivity index (χ3n) is 2.34. The Kier molecular flexibility index (Phi) is 3.10. The molecule has 0 radical (unpaired) electrons. The van der Waals surface area contributed by atoms with Crippen LogP contribution in [-0.2, 0) is 6.54 Å². The molecule has 4 nitrogen and oxygen atoms in total. The monoisotopic (exact) mass is 216 g/mol. The lowest BCUT2D eigenvalue weighted by Crippen LogP contribution is -2.22. The molecule has 0 amide bonds. The van der Waals surface area contributed by atoms with Crippen LogP contribution in [0.15, 0.2) is 42.7 Å². The molecule has 0 spiro atoms. The van der Waals surface area contributed by atoms with Crippen LogP contribution in [0.2, 0.25) is 0 Å². The van der Waals surface area contributed by atoms with Crippen molar-refractivity contribution in [3.8, 4) is 0 Å². The van der Waals surface area contributed by atoms with Gasteiger partial charge in [0.05, 0.1) is 6.54 Å². The summed E-state index contributed by atoms with van der Waals surface area (Å²) < 4.78 is 1.91. The first kappa shape index (κ1) is 10.5. The zero-order valence-electron chi connectivity index (χ0n) is 9.30. The van der Waals surface area contributed by atoms with Crippen molar-refractivity contribution in [3.63, 3.8) is 0 Å². The molecule has 0 aliphatic rings. The van der Waals surface area contributed by atoms with E-state index < -0.39 is 0 Å². The van der Waals surface area contributed by atoms with Crippen molar-refractivity contribution in [1.82, 2.24) is 9.78 Å². The van der Waals surface area contributed by atoms with Gasteiger partial charge in [0, 0.05) is 29.8 Å². The second-order valence-corrected chi connectivity index (χ2v) is 3.90. The molecule has 84 valence electrons. The minimum atomic E-state index is 0.323. The van der Waals surface area contributed by atoms with E-state index in [1.165, 1.54) is 0 Å². The first-order valence-electron chi connectivity index (χ1n) is 5.33. The molecule has 2 rings (SSSR count). The lowest BCUT2D eigenvalue weighted by Gasteiger charge is -2.15. The lowest BCUT2D eigenvalue weighted by atomic mass is 10.2. The van der Waals surface area contributed by atoms with Crippen LogP contribution >= 0.6 is 0 Å². The highest BCUT2D eigenvalue weighted by Crippen LogP contribution is 2.11. The van der Waals surface area contributed by atoms with Crippen molar-refractivity contribution in [1.29, 1.82) is 0 Å². The van der Waals surface area contributed by atoms with E-state index in [1.807, 2.05) is 41.2 Å². The minimum absolute atomic E-state index is 0.323. The van der Waals surface area contributed by atoms with E-state index >= 15 is 0 Å². The standard InChI is InChI=1S/C12H16N4/c1-10(9-16-8-2-7-14-16)15-12-5-3-11(13)4-6-12/h2-8,10,15H,9,13H2,1H3. The van der Waals surface area contributed by atoms with Crippen LogP contribution in [-0.4, -0.2) is 15.8 Å². The lowest BCUT2D eigenvalue weighted by molar-refractivity contribution is 0.561. The number of benzene rings is 1. The normalized spacial score (nSPS) is 12.3. The van der Waals surface area contributed by atoms with Gasteiger partial charge in [-0.1, -0.05) is 0 Å². The molecule has 0 aliphatic carbocycles. The highest BCUT2D eigenvalue weighted by molar-refractivity contribution is 5.51. The Balaban J connectivity index is 1.92. The Morgan fingerprint density at radius 1 is 1.38 bits per heavy atom. The summed E-state index contributed by atoms with van der Waals surface area (Å²) in [5, 5.41) is 7.56. The Morgan fingerprint density at radius 2 is 2.12 bits per heavy atom. The molecule has 0 fully saturated rings. The summed E-state index contributed by atoms with van der Waals surface area (Å²) in [6.45, 7) is 2.97. The largest absolute Gasteiger partial charge is 0.399 e. The first-order chi connectivity index (χ1) is 7.74. The van der Waals surface area contributed by atoms with Crippen LogP contribution < -0.4 is 11.1 Å². The van der Waals surface area contributed by atoms with Gasteiger partial charge in [-0.05, 0) is 37.3 Å². The molecule has 16 heavy (non-hydrogen) atoms. The fraction of sp³-hybridized carbons (Fsp3) is 0.250. The van der Waals surface area contributed by atoms with E-state index in [-0.39, 0.29) is 0 Å². The molecule has 1 aromatic heterocycles. The third kappa shape index (κ3) is 2.76. The molecule has 1 atom stereocenters. The summed E-state index contributed by atoms with van der Waals surface area (Å²) in [6, 6.07) is 10.00. The van der Waals surface area contributed by atoms with Gasteiger partial charge in [-0.3, -0.25) is 4.68 Å². The number of nitrogens with one attached hydrogen (secondary N) is 1. The number of hydrogen-bond donors (Lipinski definition) is 2. The Hall–Kier alpha value is -1.97. The molecule has 1 heterocycles. The van der Waals surface area contributed by atoms with E-state index in [4.69, 9.17) is 5.73 Å². The van der Waals surface area contributed by atoms with Crippen molar-refractivity contribution in [3.05, 3.63) is 42.7 Å². The number of hydrogen-bond acceptors (Lipinski definition) is 3. The van der Waals surface area contributed by atoms with Crippen LogP contribution in [0.25, 0.3) is 0 Å². The summed E-state index contributed by atoms with van der Waals surface area (Å²) in [6.07, 6.45) is 3.75. The van der Waals surface area contributed by atoms with Crippen LogP contribution in [0.5, 0.6) is 0 Å². The number of aromatic nitrogens is 2. The average molecular weight is 216 g/mol. The summed E-state index contributed by atoms with van der Waals surface area (Å²) in [5.74, 6) is 0. The van der Waals surface area contributed by atoms with Gasteiger partial charge >= 0.3 is 0 Å². The second-order valence-electron chi connectivity index (χ2n) is 3.90. The summed E-state index contributed by atoms with van der Waals surface area (Å²) in [5.41, 5.74) is 7.49. The number of nitrogens with zero attached hydrogens (tertiary/aromatic N) is 2. The highest BCUT2D eigenvalue weighted by atomic mass is 15.3. The maximum Gasteiger partial charge on any atom is 0.0608 e. The molecule has 4 heteroatoms. The van der Waals surface area contributed by atoms with E-state index in [2.05, 4.69) is 17.3 Å². The van der Waals surface area contributed by atoms with E-state index in [0.29, 0.717) is 6.04 Å². The predicted octanol–water partition coefficient (Wildman–Crippen LogP) is 1.97. The number of nitrogens with two attached hydrogens (primary N) is 1. The molecule has 0 bridgehead atoms. The minimum Gasteiger partial charge on any atom is -0.399 e. The van der Waals surface area contributed by atoms with Gasteiger partial charge in [0.25, 0.3) is 0 Å². The van der Waals surface area contributed by atoms with Gasteiger partial charge in [-0.15, -0.1) is 0 Å². The van der Waals surface area contributed by atoms with Crippen LogP contribution in [0.1, 0.15) is 6.92 Å². The van der Waals surface area contributed by atoms with E-state index in [0.717, 1.165) is 17.9 Å². The van der Waals surface area contributed by atoms with Gasteiger partial charge in [-0.2, -0.15) is 5.10 Å². The van der Waals surface area contributed by atoms with Gasteiger partial charge in [-0.25, -0.2) is 0 Å². The third-order valence-corrected chi connectivity index (χ3v) is 2.34. The molecule has 3 N–H and O–H groups in total. The van der Waals surface area contributed by atoms with Gasteiger partial charge in [0.15, 0.2) is 0 Å². The van der Waals surface area contributed by atoms with Gasteiger partial charge < -0.3 is 11.1 Å². The van der Waals surface area contributed by atoms with Crippen molar-refractivity contribution in [2.75, 3.05) is 11.1 Å². The quantitative estimate of drug-likeness (QED) is 0.768. The van der Waals surface area contributed by atoms with Gasteiger partial charge in [0.1, 0.15) is 0 Å². The van der Waals surface area contributed by atoms with Crippen LogP contribution in [0.4, 0.5) is 11.4 Å². The molecule has 2 aromatic rings. The molecule has 0 saturated carbocycles. The van der Waals surface area contributed by atoms with Crippen molar-refractivity contribution in [2.45, 2.75) is 19.5 Å². The first-order valence-corrected chi connectivity index (χ1v) is 5.33. The SMILES string of the molecule is CC(Cn1cccn1)Nc1ccc(N)cc1. The maximum atomic E-state index is 5.63. The van der Waals surface area contributed by atoms with E-state index in [1.54, 1.807) is 6.20 Å². The van der Waals surface area contributed by atoms with Gasteiger partial charge in [0.2, 0.25) is 0 Å². The average Bonchev–Trinajstić information content (AvgIpc) is 2.74. The molecular weight excluding hydrogens is 200 g/mol. The molecule has 0 saturated heterocycles. The second kappa shape index (κ2) is 4.70.